The molecule has 0 aromatic heterocycles. The Morgan fingerprint density at radius 1 is 1.33 bits per heavy atom. The summed E-state index contributed by atoms with van der Waals surface area (Å²) in [5, 5.41) is 12.0. The lowest BCUT2D eigenvalue weighted by Gasteiger charge is -2.33. The lowest BCUT2D eigenvalue weighted by atomic mass is 9.80. The molecular formula is C11H21F2NO. The SMILES string of the molecule is CC1CCC(NCC(O)C(F)F)C(C)C1. The molecule has 0 amide bonds. The molecule has 0 bridgehead atoms. The van der Waals surface area contributed by atoms with Crippen LogP contribution in [0.1, 0.15) is 33.1 Å². The molecule has 1 rings (SSSR count). The Morgan fingerprint density at radius 2 is 2.00 bits per heavy atom. The van der Waals surface area contributed by atoms with Gasteiger partial charge >= 0.3 is 0 Å². The molecule has 1 aliphatic rings. The Morgan fingerprint density at radius 3 is 2.53 bits per heavy atom. The number of nitrogens with one attached hydrogen (secondary N) is 1. The lowest BCUT2D eigenvalue weighted by molar-refractivity contribution is -0.00655. The number of aliphatic hydroxyl groups is 1. The molecule has 4 unspecified atom stereocenters. The summed E-state index contributed by atoms with van der Waals surface area (Å²) in [5.41, 5.74) is 0. The van der Waals surface area contributed by atoms with Gasteiger partial charge in [-0.25, -0.2) is 8.78 Å². The van der Waals surface area contributed by atoms with E-state index in [0.717, 1.165) is 25.2 Å². The largest absolute Gasteiger partial charge is 0.386 e. The van der Waals surface area contributed by atoms with Gasteiger partial charge in [0.05, 0.1) is 0 Å². The molecule has 1 fully saturated rings. The summed E-state index contributed by atoms with van der Waals surface area (Å²) < 4.78 is 24.1. The van der Waals surface area contributed by atoms with Crippen LogP contribution in [0.4, 0.5) is 8.78 Å². The molecule has 0 heterocycles. The van der Waals surface area contributed by atoms with Crippen LogP contribution in [-0.2, 0) is 0 Å². The lowest BCUT2D eigenvalue weighted by Crippen LogP contribution is -2.44. The Balaban J connectivity index is 2.26. The highest BCUT2D eigenvalue weighted by atomic mass is 19.3. The Bertz CT molecular complexity index is 189. The number of aliphatic hydroxyl groups excluding tert-OH is 1. The van der Waals surface area contributed by atoms with Gasteiger partial charge < -0.3 is 10.4 Å². The first kappa shape index (κ1) is 12.8. The molecule has 15 heavy (non-hydrogen) atoms. The average Bonchev–Trinajstić information content (AvgIpc) is 2.15. The van der Waals surface area contributed by atoms with Crippen molar-refractivity contribution in [2.24, 2.45) is 11.8 Å². The van der Waals surface area contributed by atoms with Crippen molar-refractivity contribution in [1.29, 1.82) is 0 Å². The maximum absolute atomic E-state index is 12.1. The van der Waals surface area contributed by atoms with Crippen LogP contribution in [-0.4, -0.2) is 30.2 Å². The van der Waals surface area contributed by atoms with Gasteiger partial charge in [-0.15, -0.1) is 0 Å². The zero-order chi connectivity index (χ0) is 11.4. The van der Waals surface area contributed by atoms with Crippen LogP contribution >= 0.6 is 0 Å². The molecular weight excluding hydrogens is 200 g/mol. The van der Waals surface area contributed by atoms with Gasteiger partial charge in [-0.3, -0.25) is 0 Å². The van der Waals surface area contributed by atoms with Crippen LogP contribution in [0.2, 0.25) is 0 Å². The topological polar surface area (TPSA) is 32.3 Å². The molecule has 0 aromatic carbocycles. The van der Waals surface area contributed by atoms with Gasteiger partial charge in [0.25, 0.3) is 6.43 Å². The monoisotopic (exact) mass is 221 g/mol. The van der Waals surface area contributed by atoms with E-state index >= 15 is 0 Å². The second kappa shape index (κ2) is 5.75. The van der Waals surface area contributed by atoms with E-state index in [1.165, 1.54) is 0 Å². The quantitative estimate of drug-likeness (QED) is 0.761. The molecule has 1 aliphatic carbocycles. The summed E-state index contributed by atoms with van der Waals surface area (Å²) in [5.74, 6) is 1.25. The van der Waals surface area contributed by atoms with Crippen LogP contribution in [0.5, 0.6) is 0 Å². The molecule has 2 N–H and O–H groups in total. The average molecular weight is 221 g/mol. The number of rotatable bonds is 4. The molecule has 4 heteroatoms. The van der Waals surface area contributed by atoms with Crippen LogP contribution in [0, 0.1) is 11.8 Å². The molecule has 90 valence electrons. The van der Waals surface area contributed by atoms with E-state index in [-0.39, 0.29) is 12.6 Å². The second-order valence-corrected chi connectivity index (χ2v) is 4.81. The van der Waals surface area contributed by atoms with E-state index in [2.05, 4.69) is 19.2 Å². The van der Waals surface area contributed by atoms with Crippen LogP contribution in [0.3, 0.4) is 0 Å². The molecule has 0 aliphatic heterocycles. The second-order valence-electron chi connectivity index (χ2n) is 4.81. The van der Waals surface area contributed by atoms with Gasteiger partial charge in [-0.1, -0.05) is 13.8 Å². The highest BCUT2D eigenvalue weighted by Crippen LogP contribution is 2.28. The maximum Gasteiger partial charge on any atom is 0.265 e. The van der Waals surface area contributed by atoms with Crippen molar-refractivity contribution in [3.8, 4) is 0 Å². The van der Waals surface area contributed by atoms with Crippen molar-refractivity contribution in [3.63, 3.8) is 0 Å². The van der Waals surface area contributed by atoms with Gasteiger partial charge in [0, 0.05) is 12.6 Å². The highest BCUT2D eigenvalue weighted by molar-refractivity contribution is 4.81. The minimum atomic E-state index is -2.64. The van der Waals surface area contributed by atoms with Crippen molar-refractivity contribution in [2.75, 3.05) is 6.54 Å². The summed E-state index contributed by atoms with van der Waals surface area (Å²) in [7, 11) is 0. The van der Waals surface area contributed by atoms with Crippen LogP contribution in [0.25, 0.3) is 0 Å². The molecule has 0 saturated heterocycles. The number of hydrogen-bond acceptors (Lipinski definition) is 2. The molecule has 0 aromatic rings. The van der Waals surface area contributed by atoms with Crippen molar-refractivity contribution in [3.05, 3.63) is 0 Å². The van der Waals surface area contributed by atoms with E-state index in [4.69, 9.17) is 5.11 Å². The minimum absolute atomic E-state index is 0.00105. The highest BCUT2D eigenvalue weighted by Gasteiger charge is 2.26. The van der Waals surface area contributed by atoms with Crippen LogP contribution < -0.4 is 5.32 Å². The van der Waals surface area contributed by atoms with E-state index in [0.29, 0.717) is 5.92 Å². The van der Waals surface area contributed by atoms with Gasteiger partial charge in [-0.2, -0.15) is 0 Å². The van der Waals surface area contributed by atoms with E-state index < -0.39 is 12.5 Å². The fourth-order valence-corrected chi connectivity index (χ4v) is 2.33. The predicted octanol–water partition coefficient (Wildman–Crippen LogP) is 2.03. The molecule has 4 atom stereocenters. The summed E-state index contributed by atoms with van der Waals surface area (Å²) in [4.78, 5) is 0. The molecule has 0 spiro atoms. The first-order valence-electron chi connectivity index (χ1n) is 5.70. The standard InChI is InChI=1S/C11H21F2NO/c1-7-3-4-9(8(2)5-7)14-6-10(15)11(12)13/h7-11,14-15H,3-6H2,1-2H3. The smallest absolute Gasteiger partial charge is 0.265 e. The first-order chi connectivity index (χ1) is 7.00. The van der Waals surface area contributed by atoms with E-state index in [9.17, 15) is 8.78 Å². The van der Waals surface area contributed by atoms with E-state index in [1.807, 2.05) is 0 Å². The molecule has 0 radical (unpaired) electrons. The predicted molar refractivity (Wildman–Crippen MR) is 56.0 cm³/mol. The number of halogens is 2. The first-order valence-corrected chi connectivity index (χ1v) is 5.70. The van der Waals surface area contributed by atoms with Gasteiger partial charge in [0.1, 0.15) is 6.10 Å². The summed E-state index contributed by atoms with van der Waals surface area (Å²) >= 11 is 0. The van der Waals surface area contributed by atoms with Gasteiger partial charge in [-0.05, 0) is 31.1 Å². The third-order valence-electron chi connectivity index (χ3n) is 3.31. The summed E-state index contributed by atoms with van der Waals surface area (Å²) in [6.07, 6.45) is -0.861. The summed E-state index contributed by atoms with van der Waals surface area (Å²) in [6, 6.07) is 0.287. The third-order valence-corrected chi connectivity index (χ3v) is 3.31. The molecule has 1 saturated carbocycles. The van der Waals surface area contributed by atoms with E-state index in [1.54, 1.807) is 0 Å². The van der Waals surface area contributed by atoms with Crippen LogP contribution in [0.15, 0.2) is 0 Å². The van der Waals surface area contributed by atoms with Crippen molar-refractivity contribution >= 4 is 0 Å². The van der Waals surface area contributed by atoms with Crippen molar-refractivity contribution in [2.45, 2.75) is 51.7 Å². The number of alkyl halides is 2. The van der Waals surface area contributed by atoms with Gasteiger partial charge in [0.15, 0.2) is 0 Å². The minimum Gasteiger partial charge on any atom is -0.386 e. The zero-order valence-electron chi connectivity index (χ0n) is 9.42. The Labute approximate surface area is 90.1 Å². The zero-order valence-corrected chi connectivity index (χ0v) is 9.42. The van der Waals surface area contributed by atoms with Crippen molar-refractivity contribution in [1.82, 2.24) is 5.32 Å². The fraction of sp³-hybridized carbons (Fsp3) is 1.00. The summed E-state index contributed by atoms with van der Waals surface area (Å²) in [6.45, 7) is 4.36. The fourth-order valence-electron chi connectivity index (χ4n) is 2.33. The van der Waals surface area contributed by atoms with Gasteiger partial charge in [0.2, 0.25) is 0 Å². The third kappa shape index (κ3) is 4.03. The Hall–Kier alpha value is -0.220. The normalized spacial score (nSPS) is 34.4. The Kier molecular flexibility index (Phi) is 4.93. The molecule has 2 nitrogen and oxygen atoms in total. The number of hydrogen-bond donors (Lipinski definition) is 2. The van der Waals surface area contributed by atoms with Crippen molar-refractivity contribution < 1.29 is 13.9 Å². The maximum atomic E-state index is 12.1.